The fraction of sp³-hybridized carbons (Fsp3) is 0.375. The van der Waals surface area contributed by atoms with Crippen LogP contribution in [0.3, 0.4) is 0 Å². The van der Waals surface area contributed by atoms with Gasteiger partial charge >= 0.3 is 11.2 Å². The van der Waals surface area contributed by atoms with Crippen LogP contribution in [0.1, 0.15) is 46.5 Å². The summed E-state index contributed by atoms with van der Waals surface area (Å²) in [5.74, 6) is 0.104. The first kappa shape index (κ1) is 21.0. The maximum absolute atomic E-state index is 13.6. The topological polar surface area (TPSA) is 83.0 Å². The molecule has 31 heavy (non-hydrogen) atoms. The van der Waals surface area contributed by atoms with Crippen LogP contribution in [0.2, 0.25) is 0 Å². The molecular weight excluding hydrogens is 395 g/mol. The van der Waals surface area contributed by atoms with Crippen LogP contribution in [0.4, 0.5) is 4.39 Å². The number of allylic oxidation sites excluding steroid dienone is 4. The Morgan fingerprint density at radius 2 is 2.06 bits per heavy atom. The molecule has 2 aromatic heterocycles. The summed E-state index contributed by atoms with van der Waals surface area (Å²) >= 11 is 0. The summed E-state index contributed by atoms with van der Waals surface area (Å²) in [6.45, 7) is 6.39. The van der Waals surface area contributed by atoms with Crippen molar-refractivity contribution in [2.45, 2.75) is 46.5 Å². The number of hydrogen-bond donors (Lipinski definition) is 2. The molecule has 162 valence electrons. The summed E-state index contributed by atoms with van der Waals surface area (Å²) in [5, 5.41) is 4.70. The van der Waals surface area contributed by atoms with Crippen molar-refractivity contribution in [3.8, 4) is 0 Å². The van der Waals surface area contributed by atoms with Gasteiger partial charge in [-0.2, -0.15) is 5.10 Å². The van der Waals surface area contributed by atoms with Crippen molar-refractivity contribution in [1.82, 2.24) is 14.6 Å². The van der Waals surface area contributed by atoms with Crippen LogP contribution in [-0.2, 0) is 0 Å². The molecule has 0 amide bonds. The molecule has 0 fully saturated rings. The van der Waals surface area contributed by atoms with Crippen LogP contribution in [0.25, 0.3) is 21.9 Å². The molecule has 0 radical (unpaired) electrons. The van der Waals surface area contributed by atoms with Gasteiger partial charge in [-0.25, -0.2) is 9.18 Å². The van der Waals surface area contributed by atoms with Crippen LogP contribution in [-0.4, -0.2) is 20.9 Å². The Morgan fingerprint density at radius 1 is 1.26 bits per heavy atom. The number of fused-ring (bicyclic) bond motifs is 3. The van der Waals surface area contributed by atoms with Crippen molar-refractivity contribution < 1.29 is 4.39 Å². The lowest BCUT2D eigenvalue weighted by atomic mass is 9.80. The lowest BCUT2D eigenvalue weighted by Crippen LogP contribution is -2.32. The monoisotopic (exact) mass is 422 g/mol. The number of aromatic nitrogens is 3. The molecule has 0 saturated heterocycles. The van der Waals surface area contributed by atoms with Gasteiger partial charge in [0.2, 0.25) is 0 Å². The normalized spacial score (nSPS) is 19.3. The van der Waals surface area contributed by atoms with Gasteiger partial charge in [0.1, 0.15) is 11.3 Å². The summed E-state index contributed by atoms with van der Waals surface area (Å²) in [5.41, 5.74) is 2.69. The SMILES string of the molecule is CC(C)=CCCC1=CCC(/C=N/n2c(=O)[nH]c3c([nH]c4ccc(F)cc43)c2=O)C(C)C1. The molecule has 1 aliphatic carbocycles. The number of H-pyrrole nitrogens is 2. The molecule has 4 rings (SSSR count). The van der Waals surface area contributed by atoms with Crippen LogP contribution in [0.15, 0.2) is 56.2 Å². The molecule has 2 N–H and O–H groups in total. The maximum atomic E-state index is 13.6. The molecule has 2 atom stereocenters. The average Bonchev–Trinajstić information content (AvgIpc) is 3.07. The van der Waals surface area contributed by atoms with Gasteiger partial charge in [-0.3, -0.25) is 4.79 Å². The highest BCUT2D eigenvalue weighted by Gasteiger charge is 2.21. The fourth-order valence-corrected chi connectivity index (χ4v) is 4.21. The summed E-state index contributed by atoms with van der Waals surface area (Å²) in [4.78, 5) is 31.0. The molecule has 0 saturated carbocycles. The first-order chi connectivity index (χ1) is 14.8. The van der Waals surface area contributed by atoms with Crippen LogP contribution < -0.4 is 11.2 Å². The standard InChI is InChI=1S/C24H27FN4O2/c1-14(2)5-4-6-16-7-8-17(15(3)11-16)13-26-29-23(30)22-21(28-24(29)31)19-12-18(25)9-10-20(19)27-22/h5,7,9-10,12-13,15,17,27H,4,6,8,11H2,1-3H3,(H,28,31)/b26-13+. The minimum atomic E-state index is -0.639. The largest absolute Gasteiger partial charge is 0.350 e. The van der Waals surface area contributed by atoms with Crippen LogP contribution in [0, 0.1) is 17.7 Å². The third kappa shape index (κ3) is 4.31. The Kier molecular flexibility index (Phi) is 5.76. The van der Waals surface area contributed by atoms with Gasteiger partial charge in [0.15, 0.2) is 0 Å². The van der Waals surface area contributed by atoms with Gasteiger partial charge in [-0.1, -0.05) is 30.2 Å². The number of benzene rings is 1. The second kappa shape index (κ2) is 8.49. The smallest absolute Gasteiger partial charge is 0.349 e. The summed E-state index contributed by atoms with van der Waals surface area (Å²) in [6, 6.07) is 4.14. The first-order valence-electron chi connectivity index (χ1n) is 10.7. The van der Waals surface area contributed by atoms with E-state index in [-0.39, 0.29) is 11.4 Å². The van der Waals surface area contributed by atoms with E-state index < -0.39 is 17.1 Å². The number of nitrogens with zero attached hydrogens (tertiary/aromatic N) is 2. The zero-order chi connectivity index (χ0) is 22.1. The average molecular weight is 423 g/mol. The zero-order valence-electron chi connectivity index (χ0n) is 18.0. The summed E-state index contributed by atoms with van der Waals surface area (Å²) < 4.78 is 14.4. The lowest BCUT2D eigenvalue weighted by Gasteiger charge is -2.25. The summed E-state index contributed by atoms with van der Waals surface area (Å²) in [6.07, 6.45) is 10.2. The predicted octanol–water partition coefficient (Wildman–Crippen LogP) is 4.86. The number of rotatable bonds is 5. The molecule has 2 heterocycles. The molecule has 1 aliphatic rings. The number of aromatic amines is 2. The van der Waals surface area contributed by atoms with Gasteiger partial charge < -0.3 is 9.97 Å². The number of hydrogen-bond acceptors (Lipinski definition) is 3. The molecule has 6 nitrogen and oxygen atoms in total. The third-order valence-electron chi connectivity index (χ3n) is 5.98. The predicted molar refractivity (Wildman–Crippen MR) is 123 cm³/mol. The molecule has 0 spiro atoms. The first-order valence-corrected chi connectivity index (χ1v) is 10.7. The Labute approximate surface area is 179 Å². The quantitative estimate of drug-likeness (QED) is 0.454. The van der Waals surface area contributed by atoms with E-state index in [1.54, 1.807) is 12.3 Å². The van der Waals surface area contributed by atoms with E-state index in [0.717, 1.165) is 30.4 Å². The molecule has 7 heteroatoms. The molecule has 0 aliphatic heterocycles. The highest BCUT2D eigenvalue weighted by molar-refractivity contribution is 6.04. The highest BCUT2D eigenvalue weighted by atomic mass is 19.1. The van der Waals surface area contributed by atoms with Gasteiger partial charge in [-0.15, -0.1) is 4.68 Å². The van der Waals surface area contributed by atoms with E-state index in [1.165, 1.54) is 23.3 Å². The van der Waals surface area contributed by atoms with Crippen LogP contribution >= 0.6 is 0 Å². The minimum Gasteiger partial charge on any atom is -0.349 e. The van der Waals surface area contributed by atoms with E-state index in [9.17, 15) is 14.0 Å². The van der Waals surface area contributed by atoms with Crippen molar-refractivity contribution in [1.29, 1.82) is 0 Å². The van der Waals surface area contributed by atoms with Crippen LogP contribution in [0.5, 0.6) is 0 Å². The molecule has 1 aromatic carbocycles. The molecule has 2 unspecified atom stereocenters. The van der Waals surface area contributed by atoms with E-state index >= 15 is 0 Å². The van der Waals surface area contributed by atoms with Crippen molar-refractivity contribution in [3.63, 3.8) is 0 Å². The third-order valence-corrected chi connectivity index (χ3v) is 5.98. The molecule has 3 aromatic rings. The van der Waals surface area contributed by atoms with Gasteiger partial charge in [0, 0.05) is 23.0 Å². The number of nitrogens with one attached hydrogen (secondary N) is 2. The molecular formula is C24H27FN4O2. The van der Waals surface area contributed by atoms with E-state index in [1.807, 2.05) is 0 Å². The number of halogens is 1. The Morgan fingerprint density at radius 3 is 2.81 bits per heavy atom. The van der Waals surface area contributed by atoms with Gasteiger partial charge in [0.25, 0.3) is 0 Å². The highest BCUT2D eigenvalue weighted by Crippen LogP contribution is 2.30. The Balaban J connectivity index is 1.59. The van der Waals surface area contributed by atoms with Crippen molar-refractivity contribution in [3.05, 3.63) is 68.2 Å². The Bertz CT molecular complexity index is 1340. The van der Waals surface area contributed by atoms with Crippen molar-refractivity contribution in [2.24, 2.45) is 16.9 Å². The van der Waals surface area contributed by atoms with Crippen molar-refractivity contribution in [2.75, 3.05) is 0 Å². The van der Waals surface area contributed by atoms with E-state index in [2.05, 4.69) is 48.0 Å². The second-order valence-corrected chi connectivity index (χ2v) is 8.64. The summed E-state index contributed by atoms with van der Waals surface area (Å²) in [7, 11) is 0. The van der Waals surface area contributed by atoms with Gasteiger partial charge in [-0.05, 0) is 63.6 Å². The fourth-order valence-electron chi connectivity index (χ4n) is 4.21. The second-order valence-electron chi connectivity index (χ2n) is 8.64. The maximum Gasteiger partial charge on any atom is 0.350 e. The Hall–Kier alpha value is -3.22. The van der Waals surface area contributed by atoms with E-state index in [4.69, 9.17) is 0 Å². The zero-order valence-corrected chi connectivity index (χ0v) is 18.0. The minimum absolute atomic E-state index is 0.158. The van der Waals surface area contributed by atoms with Crippen molar-refractivity contribution >= 4 is 28.2 Å². The van der Waals surface area contributed by atoms with Gasteiger partial charge in [0.05, 0.1) is 5.52 Å². The lowest BCUT2D eigenvalue weighted by molar-refractivity contribution is 0.429. The van der Waals surface area contributed by atoms with E-state index in [0.29, 0.717) is 22.3 Å². The molecule has 0 bridgehead atoms.